The van der Waals surface area contributed by atoms with E-state index in [-0.39, 0.29) is 16.8 Å². The number of nitrogens with one attached hydrogen (secondary N) is 2. The smallest absolute Gasteiger partial charge is 0.255 e. The van der Waals surface area contributed by atoms with Crippen LogP contribution in [-0.2, 0) is 21.4 Å². The first-order valence-electron chi connectivity index (χ1n) is 7.83. The molecule has 0 saturated heterocycles. The zero-order valence-corrected chi connectivity index (χ0v) is 15.3. The molecule has 0 saturated carbocycles. The Labute approximate surface area is 148 Å². The van der Waals surface area contributed by atoms with Gasteiger partial charge in [-0.25, -0.2) is 13.1 Å². The molecule has 0 aliphatic carbocycles. The van der Waals surface area contributed by atoms with Crippen molar-refractivity contribution in [3.8, 4) is 0 Å². The lowest BCUT2D eigenvalue weighted by Crippen LogP contribution is -2.30. The number of amides is 1. The number of methoxy groups -OCH3 is 1. The summed E-state index contributed by atoms with van der Waals surface area (Å²) in [4.78, 5) is 12.5. The molecule has 0 bridgehead atoms. The number of carbonyl (C=O) groups excluding carboxylic acids is 1. The van der Waals surface area contributed by atoms with Gasteiger partial charge in [-0.3, -0.25) is 4.79 Å². The molecule has 6 nitrogen and oxygen atoms in total. The number of anilines is 1. The molecule has 0 fully saturated rings. The highest BCUT2D eigenvalue weighted by atomic mass is 32.2. The molecule has 0 aliphatic heterocycles. The van der Waals surface area contributed by atoms with Gasteiger partial charge in [0, 0.05) is 24.4 Å². The van der Waals surface area contributed by atoms with Crippen LogP contribution in [0, 0.1) is 0 Å². The lowest BCUT2D eigenvalue weighted by Gasteiger charge is -2.11. The predicted molar refractivity (Wildman–Crippen MR) is 97.0 cm³/mol. The normalized spacial score (nSPS) is 11.5. The van der Waals surface area contributed by atoms with Crippen molar-refractivity contribution in [3.05, 3.63) is 59.7 Å². The van der Waals surface area contributed by atoms with E-state index < -0.39 is 10.0 Å². The maximum absolute atomic E-state index is 12.3. The number of hydrogen-bond acceptors (Lipinski definition) is 4. The Morgan fingerprint density at radius 3 is 2.40 bits per heavy atom. The number of carbonyl (C=O) groups is 1. The molecule has 134 valence electrons. The average molecular weight is 362 g/mol. The van der Waals surface area contributed by atoms with Crippen LogP contribution in [0.5, 0.6) is 0 Å². The van der Waals surface area contributed by atoms with Crippen molar-refractivity contribution in [1.29, 1.82) is 0 Å². The number of benzene rings is 2. The van der Waals surface area contributed by atoms with Gasteiger partial charge in [0.1, 0.15) is 0 Å². The third-order valence-electron chi connectivity index (χ3n) is 3.31. The van der Waals surface area contributed by atoms with Crippen molar-refractivity contribution in [2.45, 2.75) is 31.4 Å². The monoisotopic (exact) mass is 362 g/mol. The maximum atomic E-state index is 12.3. The van der Waals surface area contributed by atoms with E-state index in [2.05, 4.69) is 10.0 Å². The van der Waals surface area contributed by atoms with E-state index in [9.17, 15) is 13.2 Å². The second-order valence-corrected chi connectivity index (χ2v) is 7.60. The van der Waals surface area contributed by atoms with Crippen LogP contribution in [0.4, 0.5) is 5.69 Å². The lowest BCUT2D eigenvalue weighted by molar-refractivity contribution is 0.102. The topological polar surface area (TPSA) is 84.5 Å². The molecule has 2 N–H and O–H groups in total. The molecule has 0 spiro atoms. The first-order valence-corrected chi connectivity index (χ1v) is 9.32. The highest BCUT2D eigenvalue weighted by Crippen LogP contribution is 2.16. The van der Waals surface area contributed by atoms with Crippen LogP contribution < -0.4 is 10.0 Å². The molecule has 2 rings (SSSR count). The zero-order chi connectivity index (χ0) is 18.4. The molecule has 2 aromatic rings. The minimum atomic E-state index is -3.55. The molecule has 1 amide bonds. The van der Waals surface area contributed by atoms with Crippen LogP contribution in [0.2, 0.25) is 0 Å². The third-order valence-corrected chi connectivity index (χ3v) is 4.99. The summed E-state index contributed by atoms with van der Waals surface area (Å²) in [5, 5.41) is 2.75. The molecule has 0 aromatic heterocycles. The fourth-order valence-corrected chi connectivity index (χ4v) is 3.52. The van der Waals surface area contributed by atoms with E-state index in [0.717, 1.165) is 5.56 Å². The molecule has 0 unspecified atom stereocenters. The van der Waals surface area contributed by atoms with Crippen molar-refractivity contribution >= 4 is 21.6 Å². The molecule has 0 atom stereocenters. The van der Waals surface area contributed by atoms with Crippen LogP contribution in [-0.4, -0.2) is 27.5 Å². The van der Waals surface area contributed by atoms with Crippen molar-refractivity contribution in [2.24, 2.45) is 0 Å². The Morgan fingerprint density at radius 1 is 1.12 bits per heavy atom. The minimum absolute atomic E-state index is 0.154. The second kappa shape index (κ2) is 8.24. The predicted octanol–water partition coefficient (Wildman–Crippen LogP) is 2.77. The van der Waals surface area contributed by atoms with E-state index in [1.165, 1.54) is 12.1 Å². The first-order chi connectivity index (χ1) is 11.8. The number of ether oxygens (including phenoxy) is 1. The Hall–Kier alpha value is -2.22. The van der Waals surface area contributed by atoms with Gasteiger partial charge < -0.3 is 10.1 Å². The number of sulfonamides is 1. The van der Waals surface area contributed by atoms with E-state index in [1.807, 2.05) is 6.07 Å². The number of hydrogen-bond donors (Lipinski definition) is 2. The van der Waals surface area contributed by atoms with Gasteiger partial charge in [0.05, 0.1) is 11.5 Å². The van der Waals surface area contributed by atoms with Crippen LogP contribution in [0.3, 0.4) is 0 Å². The van der Waals surface area contributed by atoms with E-state index in [1.54, 1.807) is 51.3 Å². The molecule has 0 radical (unpaired) electrons. The van der Waals surface area contributed by atoms with Crippen molar-refractivity contribution < 1.29 is 17.9 Å². The van der Waals surface area contributed by atoms with Gasteiger partial charge in [0.15, 0.2) is 0 Å². The summed E-state index contributed by atoms with van der Waals surface area (Å²) in [5.41, 5.74) is 1.93. The Kier molecular flexibility index (Phi) is 6.30. The summed E-state index contributed by atoms with van der Waals surface area (Å²) in [6.45, 7) is 3.93. The van der Waals surface area contributed by atoms with Crippen molar-refractivity contribution in [3.63, 3.8) is 0 Å². The molecule has 0 heterocycles. The Bertz CT molecular complexity index is 830. The fourth-order valence-electron chi connectivity index (χ4n) is 2.27. The van der Waals surface area contributed by atoms with Gasteiger partial charge in [-0.1, -0.05) is 12.1 Å². The van der Waals surface area contributed by atoms with E-state index in [4.69, 9.17) is 4.74 Å². The largest absolute Gasteiger partial charge is 0.380 e. The van der Waals surface area contributed by atoms with Gasteiger partial charge in [0.2, 0.25) is 10.0 Å². The quantitative estimate of drug-likeness (QED) is 0.793. The summed E-state index contributed by atoms with van der Waals surface area (Å²) < 4.78 is 31.7. The van der Waals surface area contributed by atoms with Crippen LogP contribution in [0.25, 0.3) is 0 Å². The fraction of sp³-hybridized carbons (Fsp3) is 0.278. The molecule has 0 aliphatic rings. The molecular weight excluding hydrogens is 340 g/mol. The molecule has 25 heavy (non-hydrogen) atoms. The first kappa shape index (κ1) is 19.1. The molecule has 2 aromatic carbocycles. The molecular formula is C18H22N2O4S. The summed E-state index contributed by atoms with van der Waals surface area (Å²) >= 11 is 0. The summed E-state index contributed by atoms with van der Waals surface area (Å²) in [7, 11) is -1.95. The van der Waals surface area contributed by atoms with E-state index in [0.29, 0.717) is 17.9 Å². The minimum Gasteiger partial charge on any atom is -0.380 e. The van der Waals surface area contributed by atoms with Gasteiger partial charge >= 0.3 is 0 Å². The second-order valence-electron chi connectivity index (χ2n) is 5.89. The van der Waals surface area contributed by atoms with Gasteiger partial charge in [0.25, 0.3) is 5.91 Å². The zero-order valence-electron chi connectivity index (χ0n) is 14.4. The summed E-state index contributed by atoms with van der Waals surface area (Å²) in [5.74, 6) is -0.270. The van der Waals surface area contributed by atoms with Gasteiger partial charge in [-0.05, 0) is 55.8 Å². The Balaban J connectivity index is 2.11. The average Bonchev–Trinajstić information content (AvgIpc) is 2.55. The standard InChI is InChI=1S/C18H22N2O4S/c1-13(2)20-25(22,23)17-9-7-16(8-10-17)19-18(21)15-6-4-5-14(11-15)12-24-3/h4-11,13,20H,12H2,1-3H3,(H,19,21). The van der Waals surface area contributed by atoms with E-state index >= 15 is 0 Å². The molecule has 7 heteroatoms. The van der Waals surface area contributed by atoms with Gasteiger partial charge in [-0.2, -0.15) is 0 Å². The third kappa shape index (κ3) is 5.38. The van der Waals surface area contributed by atoms with Crippen molar-refractivity contribution in [1.82, 2.24) is 4.72 Å². The van der Waals surface area contributed by atoms with Crippen molar-refractivity contribution in [2.75, 3.05) is 12.4 Å². The highest BCUT2D eigenvalue weighted by Gasteiger charge is 2.15. The summed E-state index contributed by atoms with van der Waals surface area (Å²) in [6, 6.07) is 13.0. The Morgan fingerprint density at radius 2 is 1.80 bits per heavy atom. The van der Waals surface area contributed by atoms with Crippen LogP contribution >= 0.6 is 0 Å². The van der Waals surface area contributed by atoms with Crippen LogP contribution in [0.15, 0.2) is 53.4 Å². The van der Waals surface area contributed by atoms with Gasteiger partial charge in [-0.15, -0.1) is 0 Å². The highest BCUT2D eigenvalue weighted by molar-refractivity contribution is 7.89. The summed E-state index contributed by atoms with van der Waals surface area (Å²) in [6.07, 6.45) is 0. The van der Waals surface area contributed by atoms with Crippen LogP contribution in [0.1, 0.15) is 29.8 Å². The lowest BCUT2D eigenvalue weighted by atomic mass is 10.1. The maximum Gasteiger partial charge on any atom is 0.255 e. The SMILES string of the molecule is COCc1cccc(C(=O)Nc2ccc(S(=O)(=O)NC(C)C)cc2)c1. The number of rotatable bonds is 7.